The molecule has 112 valence electrons. The topological polar surface area (TPSA) is 72.2 Å². The Kier molecular flexibility index (Phi) is 4.85. The highest BCUT2D eigenvalue weighted by atomic mass is 32.2. The highest BCUT2D eigenvalue weighted by Crippen LogP contribution is 2.22. The van der Waals surface area contributed by atoms with Crippen LogP contribution in [-0.4, -0.2) is 8.42 Å². The first-order valence-electron chi connectivity index (χ1n) is 6.99. The van der Waals surface area contributed by atoms with E-state index in [2.05, 4.69) is 11.6 Å². The first-order valence-corrected chi connectivity index (χ1v) is 8.47. The predicted molar refractivity (Wildman–Crippen MR) is 86.7 cm³/mol. The zero-order valence-electron chi connectivity index (χ0n) is 12.0. The number of para-hydroxylation sites is 1. The average Bonchev–Trinajstić information content (AvgIpc) is 2.46. The number of rotatable bonds is 6. The summed E-state index contributed by atoms with van der Waals surface area (Å²) in [5.74, 6) is 0. The number of nitrogen functional groups attached to an aromatic ring is 1. The van der Waals surface area contributed by atoms with Crippen LogP contribution in [0.15, 0.2) is 53.4 Å². The molecule has 0 bridgehead atoms. The fourth-order valence-corrected chi connectivity index (χ4v) is 3.16. The lowest BCUT2D eigenvalue weighted by atomic mass is 10.1. The molecule has 0 aliphatic rings. The van der Waals surface area contributed by atoms with Crippen molar-refractivity contribution in [2.45, 2.75) is 31.1 Å². The van der Waals surface area contributed by atoms with E-state index in [4.69, 9.17) is 5.73 Å². The van der Waals surface area contributed by atoms with Gasteiger partial charge in [0.2, 0.25) is 0 Å². The van der Waals surface area contributed by atoms with Gasteiger partial charge in [-0.15, -0.1) is 0 Å². The van der Waals surface area contributed by atoms with Crippen molar-refractivity contribution >= 4 is 21.4 Å². The maximum absolute atomic E-state index is 12.4. The molecule has 21 heavy (non-hydrogen) atoms. The molecular weight excluding hydrogens is 284 g/mol. The number of sulfonamides is 1. The molecule has 3 N–H and O–H groups in total. The minimum atomic E-state index is -3.58. The van der Waals surface area contributed by atoms with Crippen molar-refractivity contribution in [3.63, 3.8) is 0 Å². The van der Waals surface area contributed by atoms with Gasteiger partial charge in [0.05, 0.1) is 10.6 Å². The molecule has 0 atom stereocenters. The van der Waals surface area contributed by atoms with Crippen LogP contribution in [-0.2, 0) is 16.4 Å². The molecule has 0 saturated heterocycles. The van der Waals surface area contributed by atoms with Crippen LogP contribution in [0.1, 0.15) is 25.3 Å². The summed E-state index contributed by atoms with van der Waals surface area (Å²) in [4.78, 5) is 0.210. The number of hydrogen-bond donors (Lipinski definition) is 2. The van der Waals surface area contributed by atoms with Gasteiger partial charge in [-0.05, 0) is 48.7 Å². The van der Waals surface area contributed by atoms with Crippen molar-refractivity contribution in [3.05, 3.63) is 54.1 Å². The third-order valence-electron chi connectivity index (χ3n) is 3.25. The quantitative estimate of drug-likeness (QED) is 0.803. The number of aryl methyl sites for hydroxylation is 1. The van der Waals surface area contributed by atoms with Gasteiger partial charge >= 0.3 is 0 Å². The van der Waals surface area contributed by atoms with Gasteiger partial charge in [-0.25, -0.2) is 8.42 Å². The van der Waals surface area contributed by atoms with Gasteiger partial charge in [-0.3, -0.25) is 4.72 Å². The number of nitrogens with two attached hydrogens (primary N) is 1. The summed E-state index contributed by atoms with van der Waals surface area (Å²) in [6.45, 7) is 2.11. The number of anilines is 2. The Labute approximate surface area is 126 Å². The molecule has 0 aliphatic carbocycles. The van der Waals surface area contributed by atoms with Crippen LogP contribution in [0.3, 0.4) is 0 Å². The maximum atomic E-state index is 12.4. The van der Waals surface area contributed by atoms with Crippen molar-refractivity contribution in [1.29, 1.82) is 0 Å². The lowest BCUT2D eigenvalue weighted by molar-refractivity contribution is 0.601. The van der Waals surface area contributed by atoms with E-state index in [1.54, 1.807) is 18.2 Å². The summed E-state index contributed by atoms with van der Waals surface area (Å²) in [6.07, 6.45) is 2.95. The van der Waals surface area contributed by atoms with Crippen molar-refractivity contribution < 1.29 is 8.42 Å². The van der Waals surface area contributed by atoms with E-state index >= 15 is 0 Å². The minimum Gasteiger partial charge on any atom is -0.399 e. The average molecular weight is 304 g/mol. The van der Waals surface area contributed by atoms with Gasteiger partial charge in [-0.1, -0.05) is 31.5 Å². The van der Waals surface area contributed by atoms with Crippen LogP contribution in [0.4, 0.5) is 11.4 Å². The fraction of sp³-hybridized carbons (Fsp3) is 0.250. The van der Waals surface area contributed by atoms with Crippen molar-refractivity contribution in [3.8, 4) is 0 Å². The van der Waals surface area contributed by atoms with E-state index < -0.39 is 10.0 Å². The molecule has 0 fully saturated rings. The number of nitrogens with one attached hydrogen (secondary N) is 1. The highest BCUT2D eigenvalue weighted by Gasteiger charge is 2.15. The molecule has 0 saturated carbocycles. The second-order valence-corrected chi connectivity index (χ2v) is 6.62. The van der Waals surface area contributed by atoms with Crippen LogP contribution in [0.5, 0.6) is 0 Å². The van der Waals surface area contributed by atoms with Gasteiger partial charge in [-0.2, -0.15) is 0 Å². The molecule has 0 spiro atoms. The lowest BCUT2D eigenvalue weighted by Gasteiger charge is -2.12. The molecule has 0 aliphatic heterocycles. The van der Waals surface area contributed by atoms with Gasteiger partial charge in [0.25, 0.3) is 10.0 Å². The summed E-state index contributed by atoms with van der Waals surface area (Å²) in [5.41, 5.74) is 7.78. The Bertz CT molecular complexity index is 694. The third-order valence-corrected chi connectivity index (χ3v) is 4.63. The minimum absolute atomic E-state index is 0.210. The molecule has 5 heteroatoms. The van der Waals surface area contributed by atoms with Crippen molar-refractivity contribution in [1.82, 2.24) is 0 Å². The Hall–Kier alpha value is -2.01. The van der Waals surface area contributed by atoms with Crippen LogP contribution in [0.25, 0.3) is 0 Å². The van der Waals surface area contributed by atoms with Gasteiger partial charge in [0, 0.05) is 5.69 Å². The molecule has 0 aromatic heterocycles. The number of unbranched alkanes of at least 4 members (excludes halogenated alkanes) is 1. The summed E-state index contributed by atoms with van der Waals surface area (Å²) in [7, 11) is -3.58. The summed E-state index contributed by atoms with van der Waals surface area (Å²) >= 11 is 0. The van der Waals surface area contributed by atoms with Crippen LogP contribution < -0.4 is 10.5 Å². The van der Waals surface area contributed by atoms with Crippen molar-refractivity contribution in [2.75, 3.05) is 10.5 Å². The summed E-state index contributed by atoms with van der Waals surface area (Å²) < 4.78 is 27.4. The Morgan fingerprint density at radius 2 is 1.71 bits per heavy atom. The predicted octanol–water partition coefficient (Wildman–Crippen LogP) is 3.41. The monoisotopic (exact) mass is 304 g/mol. The Balaban J connectivity index is 2.26. The first kappa shape index (κ1) is 15.4. The molecule has 2 aromatic carbocycles. The smallest absolute Gasteiger partial charge is 0.261 e. The highest BCUT2D eigenvalue weighted by molar-refractivity contribution is 7.92. The molecule has 0 unspecified atom stereocenters. The zero-order chi connectivity index (χ0) is 15.3. The second-order valence-electron chi connectivity index (χ2n) is 4.94. The van der Waals surface area contributed by atoms with E-state index in [0.717, 1.165) is 24.8 Å². The SMILES string of the molecule is CCCCc1ccccc1NS(=O)(=O)c1ccc(N)cc1. The van der Waals surface area contributed by atoms with E-state index in [1.807, 2.05) is 18.2 Å². The summed E-state index contributed by atoms with van der Waals surface area (Å²) in [5, 5.41) is 0. The molecule has 2 aromatic rings. The zero-order valence-corrected chi connectivity index (χ0v) is 12.9. The van der Waals surface area contributed by atoms with Gasteiger partial charge < -0.3 is 5.73 Å². The van der Waals surface area contributed by atoms with E-state index in [9.17, 15) is 8.42 Å². The van der Waals surface area contributed by atoms with E-state index in [-0.39, 0.29) is 4.90 Å². The fourth-order valence-electron chi connectivity index (χ4n) is 2.06. The van der Waals surface area contributed by atoms with Gasteiger partial charge in [0.15, 0.2) is 0 Å². The van der Waals surface area contributed by atoms with Gasteiger partial charge in [0.1, 0.15) is 0 Å². The van der Waals surface area contributed by atoms with Crippen molar-refractivity contribution in [2.24, 2.45) is 0 Å². The third kappa shape index (κ3) is 3.98. The Morgan fingerprint density at radius 3 is 2.38 bits per heavy atom. The van der Waals surface area contributed by atoms with E-state index in [0.29, 0.717) is 11.4 Å². The molecule has 0 heterocycles. The second kappa shape index (κ2) is 6.63. The molecular formula is C16H20N2O2S. The Morgan fingerprint density at radius 1 is 1.05 bits per heavy atom. The molecule has 4 nitrogen and oxygen atoms in total. The molecule has 2 rings (SSSR count). The number of hydrogen-bond acceptors (Lipinski definition) is 3. The van der Waals surface area contributed by atoms with Crippen LogP contribution >= 0.6 is 0 Å². The maximum Gasteiger partial charge on any atom is 0.261 e. The van der Waals surface area contributed by atoms with Crippen LogP contribution in [0.2, 0.25) is 0 Å². The first-order chi connectivity index (χ1) is 10.0. The van der Waals surface area contributed by atoms with Crippen LogP contribution in [0, 0.1) is 0 Å². The summed E-state index contributed by atoms with van der Waals surface area (Å²) in [6, 6.07) is 13.7. The lowest BCUT2D eigenvalue weighted by Crippen LogP contribution is -2.14. The standard InChI is InChI=1S/C16H20N2O2S/c1-2-3-6-13-7-4-5-8-16(13)18-21(19,20)15-11-9-14(17)10-12-15/h4-5,7-12,18H,2-3,6,17H2,1H3. The normalized spacial score (nSPS) is 11.3. The molecule has 0 amide bonds. The molecule has 0 radical (unpaired) electrons. The van der Waals surface area contributed by atoms with E-state index in [1.165, 1.54) is 12.1 Å². The number of benzene rings is 2. The largest absolute Gasteiger partial charge is 0.399 e.